The molecule has 2 bridgehead atoms. The summed E-state index contributed by atoms with van der Waals surface area (Å²) in [6.07, 6.45) is 5.63. The first-order chi connectivity index (χ1) is 8.03. The van der Waals surface area contributed by atoms with Crippen LogP contribution in [0.4, 0.5) is 0 Å². The maximum absolute atomic E-state index is 10.7. The van der Waals surface area contributed by atoms with Gasteiger partial charge in [0.25, 0.3) is 0 Å². The summed E-state index contributed by atoms with van der Waals surface area (Å²) in [5.41, 5.74) is -1.24. The van der Waals surface area contributed by atoms with E-state index < -0.39 is 11.2 Å². The van der Waals surface area contributed by atoms with Gasteiger partial charge in [0.2, 0.25) is 0 Å². The predicted octanol–water partition coefficient (Wildman–Crippen LogP) is 3.36. The summed E-state index contributed by atoms with van der Waals surface area (Å²) in [5, 5.41) is 21.0. The van der Waals surface area contributed by atoms with Crippen molar-refractivity contribution in [2.45, 2.75) is 77.9 Å². The zero-order chi connectivity index (χ0) is 13.8. The van der Waals surface area contributed by atoms with Gasteiger partial charge in [-0.1, -0.05) is 6.92 Å². The van der Waals surface area contributed by atoms with Gasteiger partial charge in [-0.25, -0.2) is 0 Å². The summed E-state index contributed by atoms with van der Waals surface area (Å²) in [6, 6.07) is 0. The van der Waals surface area contributed by atoms with E-state index in [2.05, 4.69) is 6.92 Å². The zero-order valence-corrected chi connectivity index (χ0v) is 12.7. The highest BCUT2D eigenvalue weighted by Crippen LogP contribution is 2.59. The van der Waals surface area contributed by atoms with Crippen LogP contribution in [-0.4, -0.2) is 21.4 Å². The molecule has 0 aromatic rings. The summed E-state index contributed by atoms with van der Waals surface area (Å²) in [6.45, 7) is 10.1. The lowest BCUT2D eigenvalue weighted by Crippen LogP contribution is -2.54. The van der Waals surface area contributed by atoms with E-state index in [1.807, 2.05) is 27.7 Å². The van der Waals surface area contributed by atoms with Gasteiger partial charge in [0.15, 0.2) is 0 Å². The van der Waals surface area contributed by atoms with Crippen LogP contribution in [0.15, 0.2) is 0 Å². The molecule has 106 valence electrons. The van der Waals surface area contributed by atoms with Gasteiger partial charge >= 0.3 is 0 Å². The second kappa shape index (κ2) is 4.21. The molecule has 0 aromatic heterocycles. The standard InChI is InChI=1S/C16H30O2/c1-11-6-12-7-13(14(2,3)17)10-16(8-11,9-12)15(4,5)18/h11-13,17-18H,6-10H2,1-5H3. The van der Waals surface area contributed by atoms with Crippen LogP contribution < -0.4 is 0 Å². The fraction of sp³-hybridized carbons (Fsp3) is 1.00. The van der Waals surface area contributed by atoms with E-state index in [1.54, 1.807) is 0 Å². The lowest BCUT2D eigenvalue weighted by molar-refractivity contribution is -0.155. The minimum atomic E-state index is -0.635. The normalized spacial score (nSPS) is 41.8. The number of fused-ring (bicyclic) bond motifs is 2. The van der Waals surface area contributed by atoms with Gasteiger partial charge in [-0.05, 0) is 83.0 Å². The van der Waals surface area contributed by atoms with Crippen LogP contribution in [0, 0.1) is 23.2 Å². The van der Waals surface area contributed by atoms with Crippen molar-refractivity contribution in [2.24, 2.45) is 23.2 Å². The predicted molar refractivity (Wildman–Crippen MR) is 74.3 cm³/mol. The van der Waals surface area contributed by atoms with Crippen molar-refractivity contribution in [1.82, 2.24) is 0 Å². The smallest absolute Gasteiger partial charge is 0.0648 e. The molecule has 0 amide bonds. The van der Waals surface area contributed by atoms with Gasteiger partial charge in [0.1, 0.15) is 0 Å². The third-order valence-corrected chi connectivity index (χ3v) is 5.71. The summed E-state index contributed by atoms with van der Waals surface area (Å²) < 4.78 is 0. The SMILES string of the molecule is CC1CC2CC(C(C)(C)O)CC(C(C)(C)O)(C1)C2. The minimum Gasteiger partial charge on any atom is -0.390 e. The Kier molecular flexibility index (Phi) is 3.35. The first kappa shape index (κ1) is 14.3. The lowest BCUT2D eigenvalue weighted by atomic mass is 9.50. The Balaban J connectivity index is 2.30. The molecule has 2 saturated carbocycles. The van der Waals surface area contributed by atoms with Gasteiger partial charge in [0.05, 0.1) is 11.2 Å². The average Bonchev–Trinajstić information content (AvgIpc) is 2.12. The first-order valence-electron chi connectivity index (χ1n) is 7.48. The maximum atomic E-state index is 10.7. The molecule has 2 fully saturated rings. The Morgan fingerprint density at radius 2 is 1.56 bits per heavy atom. The topological polar surface area (TPSA) is 40.5 Å². The zero-order valence-electron chi connectivity index (χ0n) is 12.7. The van der Waals surface area contributed by atoms with Crippen molar-refractivity contribution in [1.29, 1.82) is 0 Å². The van der Waals surface area contributed by atoms with Crippen molar-refractivity contribution in [3.05, 3.63) is 0 Å². The van der Waals surface area contributed by atoms with E-state index in [-0.39, 0.29) is 5.41 Å². The van der Waals surface area contributed by atoms with E-state index in [4.69, 9.17) is 0 Å². The summed E-state index contributed by atoms with van der Waals surface area (Å²) in [5.74, 6) is 1.72. The first-order valence-corrected chi connectivity index (χ1v) is 7.48. The molecule has 0 aromatic carbocycles. The molecule has 2 nitrogen and oxygen atoms in total. The van der Waals surface area contributed by atoms with Gasteiger partial charge in [-0.3, -0.25) is 0 Å². The van der Waals surface area contributed by atoms with E-state index in [0.29, 0.717) is 17.8 Å². The van der Waals surface area contributed by atoms with E-state index >= 15 is 0 Å². The van der Waals surface area contributed by atoms with Crippen LogP contribution in [0.25, 0.3) is 0 Å². The third kappa shape index (κ3) is 2.46. The van der Waals surface area contributed by atoms with Crippen LogP contribution >= 0.6 is 0 Å². The highest BCUT2D eigenvalue weighted by molar-refractivity contribution is 5.05. The second-order valence-electron chi connectivity index (χ2n) is 8.24. The van der Waals surface area contributed by atoms with Crippen molar-refractivity contribution >= 4 is 0 Å². The molecule has 0 radical (unpaired) electrons. The molecule has 2 N–H and O–H groups in total. The molecule has 4 unspecified atom stereocenters. The van der Waals surface area contributed by atoms with Crippen LogP contribution in [-0.2, 0) is 0 Å². The van der Waals surface area contributed by atoms with Gasteiger partial charge in [0, 0.05) is 0 Å². The second-order valence-corrected chi connectivity index (χ2v) is 8.24. The molecular formula is C16H30O2. The summed E-state index contributed by atoms with van der Waals surface area (Å²) in [4.78, 5) is 0. The molecule has 0 spiro atoms. The monoisotopic (exact) mass is 254 g/mol. The molecule has 2 aliphatic carbocycles. The maximum Gasteiger partial charge on any atom is 0.0648 e. The summed E-state index contributed by atoms with van der Waals surface area (Å²) in [7, 11) is 0. The number of aliphatic hydroxyl groups is 2. The Bertz CT molecular complexity index is 306. The Labute approximate surface area is 112 Å². The van der Waals surface area contributed by atoms with Gasteiger partial charge in [-0.15, -0.1) is 0 Å². The molecule has 2 aliphatic rings. The van der Waals surface area contributed by atoms with Crippen molar-refractivity contribution in [2.75, 3.05) is 0 Å². The van der Waals surface area contributed by atoms with Crippen LogP contribution in [0.2, 0.25) is 0 Å². The lowest BCUT2D eigenvalue weighted by Gasteiger charge is -2.57. The highest BCUT2D eigenvalue weighted by atomic mass is 16.3. The largest absolute Gasteiger partial charge is 0.390 e. The molecule has 2 rings (SSSR count). The minimum absolute atomic E-state index is 0.0122. The molecule has 0 aliphatic heterocycles. The van der Waals surface area contributed by atoms with Crippen molar-refractivity contribution in [3.8, 4) is 0 Å². The quantitative estimate of drug-likeness (QED) is 0.793. The Morgan fingerprint density at radius 1 is 0.944 bits per heavy atom. The van der Waals surface area contributed by atoms with Gasteiger partial charge in [-0.2, -0.15) is 0 Å². The average molecular weight is 254 g/mol. The molecule has 0 heterocycles. The molecular weight excluding hydrogens is 224 g/mol. The fourth-order valence-electron chi connectivity index (χ4n) is 4.63. The Morgan fingerprint density at radius 3 is 2.06 bits per heavy atom. The van der Waals surface area contributed by atoms with E-state index in [9.17, 15) is 10.2 Å². The summed E-state index contributed by atoms with van der Waals surface area (Å²) >= 11 is 0. The van der Waals surface area contributed by atoms with Crippen LogP contribution in [0.3, 0.4) is 0 Å². The molecule has 18 heavy (non-hydrogen) atoms. The van der Waals surface area contributed by atoms with E-state index in [1.165, 1.54) is 6.42 Å². The van der Waals surface area contributed by atoms with Crippen LogP contribution in [0.5, 0.6) is 0 Å². The molecule has 4 atom stereocenters. The number of hydrogen-bond acceptors (Lipinski definition) is 2. The van der Waals surface area contributed by atoms with Crippen LogP contribution in [0.1, 0.15) is 66.7 Å². The fourth-order valence-corrected chi connectivity index (χ4v) is 4.63. The number of rotatable bonds is 2. The highest BCUT2D eigenvalue weighted by Gasteiger charge is 2.54. The molecule has 2 heteroatoms. The van der Waals surface area contributed by atoms with Gasteiger partial charge < -0.3 is 10.2 Å². The van der Waals surface area contributed by atoms with Crippen molar-refractivity contribution < 1.29 is 10.2 Å². The van der Waals surface area contributed by atoms with E-state index in [0.717, 1.165) is 25.7 Å². The third-order valence-electron chi connectivity index (χ3n) is 5.71. The molecule has 0 saturated heterocycles. The number of hydrogen-bond donors (Lipinski definition) is 2. The Hall–Kier alpha value is -0.0800. The van der Waals surface area contributed by atoms with Crippen molar-refractivity contribution in [3.63, 3.8) is 0 Å².